The Balaban J connectivity index is 2.19. The van der Waals surface area contributed by atoms with E-state index in [0.29, 0.717) is 0 Å². The zero-order valence-electron chi connectivity index (χ0n) is 11.2. The van der Waals surface area contributed by atoms with E-state index in [2.05, 4.69) is 43.2 Å². The molecule has 0 spiro atoms. The molecule has 0 bridgehead atoms. The lowest BCUT2D eigenvalue weighted by atomic mass is 10.0. The first-order chi connectivity index (χ1) is 8.11. The van der Waals surface area contributed by atoms with Gasteiger partial charge in [-0.05, 0) is 37.1 Å². The van der Waals surface area contributed by atoms with Crippen molar-refractivity contribution in [2.75, 3.05) is 38.7 Å². The molecule has 1 fully saturated rings. The summed E-state index contributed by atoms with van der Waals surface area (Å²) in [4.78, 5) is 2.30. The molecule has 1 aliphatic heterocycles. The number of hydrogen-bond acceptors (Lipinski definition) is 3. The summed E-state index contributed by atoms with van der Waals surface area (Å²) in [5, 5.41) is 3.31. The summed E-state index contributed by atoms with van der Waals surface area (Å²) in [6.07, 6.45) is 0. The lowest BCUT2D eigenvalue weighted by Crippen LogP contribution is -2.47. The predicted octanol–water partition coefficient (Wildman–Crippen LogP) is 1.97. The van der Waals surface area contributed by atoms with Crippen LogP contribution in [-0.2, 0) is 0 Å². The maximum Gasteiger partial charge on any atom is 0.142 e. The van der Waals surface area contributed by atoms with Crippen LogP contribution >= 0.6 is 0 Å². The fourth-order valence-electron chi connectivity index (χ4n) is 2.20. The van der Waals surface area contributed by atoms with E-state index >= 15 is 0 Å². The Bertz CT molecular complexity index is 399. The highest BCUT2D eigenvalue weighted by Crippen LogP contribution is 2.31. The number of anilines is 1. The minimum absolute atomic E-state index is 0.770. The van der Waals surface area contributed by atoms with E-state index in [1.54, 1.807) is 7.11 Å². The number of nitrogens with zero attached hydrogens (tertiary/aromatic N) is 1. The molecule has 0 unspecified atom stereocenters. The van der Waals surface area contributed by atoms with Gasteiger partial charge >= 0.3 is 0 Å². The molecular formula is C14H22N2O. The summed E-state index contributed by atoms with van der Waals surface area (Å²) in [5.41, 5.74) is 3.80. The third-order valence-electron chi connectivity index (χ3n) is 3.60. The van der Waals surface area contributed by atoms with Crippen molar-refractivity contribution in [2.24, 2.45) is 5.92 Å². The number of aryl methyl sites for hydroxylation is 2. The monoisotopic (exact) mass is 234 g/mol. The molecule has 1 aromatic rings. The van der Waals surface area contributed by atoms with Gasteiger partial charge in [-0.2, -0.15) is 0 Å². The average Bonchev–Trinajstić information content (AvgIpc) is 2.26. The maximum atomic E-state index is 5.48. The standard InChI is InChI=1S/C14H22N2O/c1-10-5-13(14(17-4)6-11(10)2)16(3)9-12-7-15-8-12/h5-6,12,15H,7-9H2,1-4H3. The van der Waals surface area contributed by atoms with Gasteiger partial charge in [-0.1, -0.05) is 0 Å². The second-order valence-electron chi connectivity index (χ2n) is 5.01. The third kappa shape index (κ3) is 2.55. The van der Waals surface area contributed by atoms with Crippen molar-refractivity contribution >= 4 is 5.69 Å². The number of benzene rings is 1. The second-order valence-corrected chi connectivity index (χ2v) is 5.01. The third-order valence-corrected chi connectivity index (χ3v) is 3.60. The second kappa shape index (κ2) is 4.96. The molecule has 0 saturated carbocycles. The molecule has 1 saturated heterocycles. The zero-order chi connectivity index (χ0) is 12.4. The summed E-state index contributed by atoms with van der Waals surface area (Å²) in [5.74, 6) is 1.74. The largest absolute Gasteiger partial charge is 0.495 e. The first-order valence-electron chi connectivity index (χ1n) is 6.19. The van der Waals surface area contributed by atoms with E-state index in [-0.39, 0.29) is 0 Å². The van der Waals surface area contributed by atoms with Gasteiger partial charge < -0.3 is 15.0 Å². The highest BCUT2D eigenvalue weighted by atomic mass is 16.5. The molecule has 0 aromatic heterocycles. The van der Waals surface area contributed by atoms with Gasteiger partial charge in [0.25, 0.3) is 0 Å². The van der Waals surface area contributed by atoms with Crippen molar-refractivity contribution in [2.45, 2.75) is 13.8 Å². The van der Waals surface area contributed by atoms with E-state index in [4.69, 9.17) is 4.74 Å². The molecule has 1 N–H and O–H groups in total. The van der Waals surface area contributed by atoms with Crippen LogP contribution in [0.25, 0.3) is 0 Å². The predicted molar refractivity (Wildman–Crippen MR) is 72.1 cm³/mol. The van der Waals surface area contributed by atoms with Crippen LogP contribution in [-0.4, -0.2) is 33.8 Å². The fraction of sp³-hybridized carbons (Fsp3) is 0.571. The summed E-state index contributed by atoms with van der Waals surface area (Å²) in [7, 11) is 3.89. The summed E-state index contributed by atoms with van der Waals surface area (Å²) >= 11 is 0. The number of nitrogens with one attached hydrogen (secondary N) is 1. The molecule has 94 valence electrons. The number of rotatable bonds is 4. The van der Waals surface area contributed by atoms with Crippen molar-refractivity contribution in [1.29, 1.82) is 0 Å². The first kappa shape index (κ1) is 12.2. The van der Waals surface area contributed by atoms with Gasteiger partial charge in [0.2, 0.25) is 0 Å². The highest BCUT2D eigenvalue weighted by molar-refractivity contribution is 5.61. The van der Waals surface area contributed by atoms with Crippen LogP contribution in [0.5, 0.6) is 5.75 Å². The first-order valence-corrected chi connectivity index (χ1v) is 6.19. The molecule has 2 rings (SSSR count). The Morgan fingerprint density at radius 3 is 2.47 bits per heavy atom. The molecule has 1 heterocycles. The van der Waals surface area contributed by atoms with Gasteiger partial charge in [0.05, 0.1) is 12.8 Å². The Kier molecular flexibility index (Phi) is 3.57. The van der Waals surface area contributed by atoms with Crippen molar-refractivity contribution in [1.82, 2.24) is 5.32 Å². The molecule has 0 atom stereocenters. The van der Waals surface area contributed by atoms with Gasteiger partial charge in [-0.3, -0.25) is 0 Å². The number of ether oxygens (including phenoxy) is 1. The summed E-state index contributed by atoms with van der Waals surface area (Å²) in [6.45, 7) is 7.63. The van der Waals surface area contributed by atoms with E-state index in [1.807, 2.05) is 0 Å². The molecule has 0 aliphatic carbocycles. The smallest absolute Gasteiger partial charge is 0.142 e. The van der Waals surface area contributed by atoms with Crippen molar-refractivity contribution in [3.05, 3.63) is 23.3 Å². The van der Waals surface area contributed by atoms with Crippen molar-refractivity contribution in [3.63, 3.8) is 0 Å². The Morgan fingerprint density at radius 1 is 1.29 bits per heavy atom. The number of hydrogen-bond donors (Lipinski definition) is 1. The quantitative estimate of drug-likeness (QED) is 0.862. The molecular weight excluding hydrogens is 212 g/mol. The van der Waals surface area contributed by atoms with Crippen LogP contribution in [0.4, 0.5) is 5.69 Å². The molecule has 3 heteroatoms. The molecule has 1 aromatic carbocycles. The molecule has 17 heavy (non-hydrogen) atoms. The minimum Gasteiger partial charge on any atom is -0.495 e. The lowest BCUT2D eigenvalue weighted by molar-refractivity contribution is 0.351. The van der Waals surface area contributed by atoms with Crippen molar-refractivity contribution in [3.8, 4) is 5.75 Å². The van der Waals surface area contributed by atoms with Crippen LogP contribution in [0.15, 0.2) is 12.1 Å². The van der Waals surface area contributed by atoms with Gasteiger partial charge in [0.15, 0.2) is 0 Å². The van der Waals surface area contributed by atoms with Crippen LogP contribution in [0, 0.1) is 19.8 Å². The molecule has 1 aliphatic rings. The van der Waals surface area contributed by atoms with E-state index < -0.39 is 0 Å². The lowest BCUT2D eigenvalue weighted by Gasteiger charge is -2.33. The van der Waals surface area contributed by atoms with Crippen LogP contribution < -0.4 is 15.0 Å². The topological polar surface area (TPSA) is 24.5 Å². The van der Waals surface area contributed by atoms with Gasteiger partial charge in [0, 0.05) is 32.6 Å². The van der Waals surface area contributed by atoms with Gasteiger partial charge in [-0.15, -0.1) is 0 Å². The van der Waals surface area contributed by atoms with E-state index in [9.17, 15) is 0 Å². The van der Waals surface area contributed by atoms with Crippen LogP contribution in [0.1, 0.15) is 11.1 Å². The normalized spacial score (nSPS) is 15.5. The molecule has 0 amide bonds. The van der Waals surface area contributed by atoms with E-state index in [0.717, 1.165) is 31.3 Å². The summed E-state index contributed by atoms with van der Waals surface area (Å²) < 4.78 is 5.48. The average molecular weight is 234 g/mol. The highest BCUT2D eigenvalue weighted by Gasteiger charge is 2.20. The molecule has 3 nitrogen and oxygen atoms in total. The Morgan fingerprint density at radius 2 is 1.94 bits per heavy atom. The minimum atomic E-state index is 0.770. The van der Waals surface area contributed by atoms with Crippen LogP contribution in [0.2, 0.25) is 0 Å². The van der Waals surface area contributed by atoms with E-state index in [1.165, 1.54) is 16.8 Å². The van der Waals surface area contributed by atoms with Crippen LogP contribution in [0.3, 0.4) is 0 Å². The maximum absolute atomic E-state index is 5.48. The Hall–Kier alpha value is -1.22. The van der Waals surface area contributed by atoms with Crippen molar-refractivity contribution < 1.29 is 4.74 Å². The summed E-state index contributed by atoms with van der Waals surface area (Å²) in [6, 6.07) is 4.35. The SMILES string of the molecule is COc1cc(C)c(C)cc1N(C)CC1CNC1. The zero-order valence-corrected chi connectivity index (χ0v) is 11.2. The fourth-order valence-corrected chi connectivity index (χ4v) is 2.20. The molecule has 0 radical (unpaired) electrons. The number of methoxy groups -OCH3 is 1. The Labute approximate surface area is 104 Å². The van der Waals surface area contributed by atoms with Gasteiger partial charge in [-0.25, -0.2) is 0 Å². The van der Waals surface area contributed by atoms with Gasteiger partial charge in [0.1, 0.15) is 5.75 Å².